The minimum atomic E-state index is -0.808. The molecule has 1 aromatic carbocycles. The number of aromatic hydroxyl groups is 1. The van der Waals surface area contributed by atoms with E-state index in [1.54, 1.807) is 12.1 Å². The number of esters is 1. The number of hydrogen-bond donors (Lipinski definition) is 2. The lowest BCUT2D eigenvalue weighted by molar-refractivity contribution is -0.118. The van der Waals surface area contributed by atoms with Crippen molar-refractivity contribution in [2.24, 2.45) is 0 Å². The van der Waals surface area contributed by atoms with E-state index >= 15 is 0 Å². The van der Waals surface area contributed by atoms with Gasteiger partial charge in [-0.2, -0.15) is 0 Å². The predicted molar refractivity (Wildman–Crippen MR) is 96.0 cm³/mol. The van der Waals surface area contributed by atoms with Crippen molar-refractivity contribution in [1.29, 1.82) is 0 Å². The molecule has 1 amide bonds. The molecule has 0 radical (unpaired) electrons. The average Bonchev–Trinajstić information content (AvgIpc) is 3.08. The van der Waals surface area contributed by atoms with Gasteiger partial charge in [0, 0.05) is 18.3 Å². The molecule has 0 fully saturated rings. The molecular weight excluding hydrogens is 358 g/mol. The summed E-state index contributed by atoms with van der Waals surface area (Å²) in [6, 6.07) is 7.89. The molecule has 7 nitrogen and oxygen atoms in total. The van der Waals surface area contributed by atoms with Gasteiger partial charge in [0.1, 0.15) is 5.56 Å². The predicted octanol–water partition coefficient (Wildman–Crippen LogP) is 2.18. The van der Waals surface area contributed by atoms with E-state index < -0.39 is 12.6 Å². The second-order valence-electron chi connectivity index (χ2n) is 5.35. The fraction of sp³-hybridized carbons (Fsp3) is 0.278. The molecule has 1 heterocycles. The number of methoxy groups -OCH3 is 1. The van der Waals surface area contributed by atoms with Gasteiger partial charge in [0.05, 0.1) is 12.0 Å². The zero-order valence-corrected chi connectivity index (χ0v) is 15.2. The summed E-state index contributed by atoms with van der Waals surface area (Å²) in [5.74, 6) is -1.43. The summed E-state index contributed by atoms with van der Waals surface area (Å²) in [4.78, 5) is 36.5. The van der Waals surface area contributed by atoms with E-state index in [9.17, 15) is 19.5 Å². The average molecular weight is 377 g/mol. The Kier molecular flexibility index (Phi) is 6.74. The van der Waals surface area contributed by atoms with Crippen molar-refractivity contribution in [3.63, 3.8) is 0 Å². The number of phenolic OH excluding ortho intramolecular Hbond substituents is 1. The van der Waals surface area contributed by atoms with E-state index in [0.29, 0.717) is 17.8 Å². The number of Topliss-reactive ketones (excluding diaryl/α,β-unsaturated/α-hetero) is 1. The van der Waals surface area contributed by atoms with Gasteiger partial charge in [-0.1, -0.05) is 6.07 Å². The van der Waals surface area contributed by atoms with E-state index in [1.165, 1.54) is 43.6 Å². The molecule has 0 aliphatic rings. The molecule has 2 aromatic rings. The maximum atomic E-state index is 12.2. The number of phenols is 1. The molecule has 0 atom stereocenters. The first-order chi connectivity index (χ1) is 12.4. The molecule has 0 aliphatic heterocycles. The SMILES string of the molecule is COc1cccc(C(=O)OCC(=O)c2ccc(CCNC(C)=O)s2)c1O. The Hall–Kier alpha value is -2.87. The Balaban J connectivity index is 1.91. The number of carbonyl (C=O) groups is 3. The molecule has 0 spiro atoms. The first-order valence-electron chi connectivity index (χ1n) is 7.81. The highest BCUT2D eigenvalue weighted by molar-refractivity contribution is 7.14. The highest BCUT2D eigenvalue weighted by atomic mass is 32.1. The van der Waals surface area contributed by atoms with Crippen LogP contribution in [0.4, 0.5) is 0 Å². The number of carbonyl (C=O) groups excluding carboxylic acids is 3. The van der Waals surface area contributed by atoms with Crippen LogP contribution < -0.4 is 10.1 Å². The monoisotopic (exact) mass is 377 g/mol. The van der Waals surface area contributed by atoms with Crippen LogP contribution in [0.2, 0.25) is 0 Å². The third-order valence-corrected chi connectivity index (χ3v) is 4.64. The second-order valence-corrected chi connectivity index (χ2v) is 6.52. The van der Waals surface area contributed by atoms with Crippen molar-refractivity contribution in [2.45, 2.75) is 13.3 Å². The number of hydrogen-bond acceptors (Lipinski definition) is 7. The normalized spacial score (nSPS) is 10.2. The molecule has 26 heavy (non-hydrogen) atoms. The largest absolute Gasteiger partial charge is 0.504 e. The van der Waals surface area contributed by atoms with Crippen LogP contribution in [0.1, 0.15) is 31.8 Å². The molecular formula is C18H19NO6S. The summed E-state index contributed by atoms with van der Waals surface area (Å²) in [7, 11) is 1.37. The van der Waals surface area contributed by atoms with Gasteiger partial charge in [-0.15, -0.1) is 11.3 Å². The lowest BCUT2D eigenvalue weighted by Crippen LogP contribution is -2.22. The lowest BCUT2D eigenvalue weighted by atomic mass is 10.2. The number of ether oxygens (including phenoxy) is 2. The highest BCUT2D eigenvalue weighted by Gasteiger charge is 2.18. The summed E-state index contributed by atoms with van der Waals surface area (Å²) in [5.41, 5.74) is -0.0701. The molecule has 138 valence electrons. The van der Waals surface area contributed by atoms with Crippen LogP contribution >= 0.6 is 11.3 Å². The topological polar surface area (TPSA) is 102 Å². The number of amides is 1. The lowest BCUT2D eigenvalue weighted by Gasteiger charge is -2.08. The van der Waals surface area contributed by atoms with Gasteiger partial charge in [-0.3, -0.25) is 9.59 Å². The third-order valence-electron chi connectivity index (χ3n) is 3.46. The van der Waals surface area contributed by atoms with Crippen LogP contribution in [0.5, 0.6) is 11.5 Å². The van der Waals surface area contributed by atoms with E-state index in [2.05, 4.69) is 5.32 Å². The van der Waals surface area contributed by atoms with Crippen molar-refractivity contribution < 1.29 is 29.0 Å². The van der Waals surface area contributed by atoms with Gasteiger partial charge in [0.15, 0.2) is 18.1 Å². The van der Waals surface area contributed by atoms with Crippen molar-refractivity contribution >= 4 is 29.0 Å². The molecule has 0 unspecified atom stereocenters. The minimum absolute atomic E-state index is 0.0701. The van der Waals surface area contributed by atoms with Gasteiger partial charge < -0.3 is 19.9 Å². The number of benzene rings is 1. The van der Waals surface area contributed by atoms with Gasteiger partial charge in [-0.25, -0.2) is 4.79 Å². The van der Waals surface area contributed by atoms with Crippen LogP contribution in [0.15, 0.2) is 30.3 Å². The fourth-order valence-corrected chi connectivity index (χ4v) is 3.09. The number of nitrogens with one attached hydrogen (secondary N) is 1. The maximum absolute atomic E-state index is 12.2. The minimum Gasteiger partial charge on any atom is -0.504 e. The zero-order valence-electron chi connectivity index (χ0n) is 14.4. The molecule has 0 saturated heterocycles. The quantitative estimate of drug-likeness (QED) is 0.540. The highest BCUT2D eigenvalue weighted by Crippen LogP contribution is 2.29. The number of rotatable bonds is 8. The van der Waals surface area contributed by atoms with Crippen molar-refractivity contribution in [1.82, 2.24) is 5.32 Å². The van der Waals surface area contributed by atoms with Gasteiger partial charge in [0.25, 0.3) is 0 Å². The second kappa shape index (κ2) is 9.00. The number of para-hydroxylation sites is 1. The van der Waals surface area contributed by atoms with Crippen molar-refractivity contribution in [3.05, 3.63) is 45.6 Å². The number of ketones is 1. The Labute approximate surface area is 154 Å². The van der Waals surface area contributed by atoms with Crippen LogP contribution in [-0.2, 0) is 16.0 Å². The van der Waals surface area contributed by atoms with Crippen molar-refractivity contribution in [2.75, 3.05) is 20.3 Å². The van der Waals surface area contributed by atoms with Crippen LogP contribution in [-0.4, -0.2) is 43.0 Å². The van der Waals surface area contributed by atoms with Gasteiger partial charge in [0.2, 0.25) is 11.7 Å². The Morgan fingerprint density at radius 2 is 1.96 bits per heavy atom. The van der Waals surface area contributed by atoms with E-state index in [1.807, 2.05) is 0 Å². The smallest absolute Gasteiger partial charge is 0.342 e. The molecule has 1 aromatic heterocycles. The van der Waals surface area contributed by atoms with Crippen molar-refractivity contribution in [3.8, 4) is 11.5 Å². The first kappa shape index (κ1) is 19.5. The summed E-state index contributed by atoms with van der Waals surface area (Å²) < 4.78 is 9.92. The molecule has 2 N–H and O–H groups in total. The first-order valence-corrected chi connectivity index (χ1v) is 8.63. The molecule has 0 saturated carbocycles. The Bertz CT molecular complexity index is 814. The van der Waals surface area contributed by atoms with E-state index in [4.69, 9.17) is 9.47 Å². The maximum Gasteiger partial charge on any atom is 0.342 e. The van der Waals surface area contributed by atoms with E-state index in [0.717, 1.165) is 4.88 Å². The summed E-state index contributed by atoms with van der Waals surface area (Å²) in [6.45, 7) is 1.51. The summed E-state index contributed by atoms with van der Waals surface area (Å²) >= 11 is 1.29. The molecule has 0 bridgehead atoms. The third kappa shape index (κ3) is 5.06. The summed E-state index contributed by atoms with van der Waals surface area (Å²) in [6.07, 6.45) is 0.620. The van der Waals surface area contributed by atoms with Crippen LogP contribution in [0.3, 0.4) is 0 Å². The molecule has 2 rings (SSSR count). The number of thiophene rings is 1. The van der Waals surface area contributed by atoms with E-state index in [-0.39, 0.29) is 28.8 Å². The van der Waals surface area contributed by atoms with Crippen LogP contribution in [0.25, 0.3) is 0 Å². The Morgan fingerprint density at radius 1 is 1.19 bits per heavy atom. The standard InChI is InChI=1S/C18H19NO6S/c1-11(20)19-9-8-12-6-7-16(26-12)14(21)10-25-18(23)13-4-3-5-15(24-2)17(13)22/h3-7,22H,8-10H2,1-2H3,(H,19,20). The van der Waals surface area contributed by atoms with Crippen LogP contribution in [0, 0.1) is 0 Å². The molecule has 8 heteroatoms. The summed E-state index contributed by atoms with van der Waals surface area (Å²) in [5, 5.41) is 12.6. The molecule has 0 aliphatic carbocycles. The Morgan fingerprint density at radius 3 is 2.65 bits per heavy atom. The fourth-order valence-electron chi connectivity index (χ4n) is 2.16. The zero-order chi connectivity index (χ0) is 19.1. The van der Waals surface area contributed by atoms with Gasteiger partial charge >= 0.3 is 5.97 Å². The van der Waals surface area contributed by atoms with Gasteiger partial charge in [-0.05, 0) is 30.7 Å².